The number of nitrogens with zero attached hydrogens (tertiary/aromatic N) is 3. The summed E-state index contributed by atoms with van der Waals surface area (Å²) >= 11 is 1.36. The van der Waals surface area contributed by atoms with Crippen LogP contribution in [0.25, 0.3) is 11.3 Å². The fraction of sp³-hybridized carbons (Fsp3) is 0.160. The molecule has 1 N–H and O–H groups in total. The molecule has 4 aromatic rings. The largest absolute Gasteiger partial charge is 0.467 e. The Labute approximate surface area is 196 Å². The van der Waals surface area contributed by atoms with Gasteiger partial charge >= 0.3 is 0 Å². The Kier molecular flexibility index (Phi) is 6.95. The number of anilines is 1. The third-order valence-electron chi connectivity index (χ3n) is 5.23. The number of rotatable bonds is 8. The lowest BCUT2D eigenvalue weighted by Gasteiger charge is -2.20. The fourth-order valence-electron chi connectivity index (χ4n) is 3.40. The number of benzene rings is 2. The van der Waals surface area contributed by atoms with E-state index in [2.05, 4.69) is 10.3 Å². The van der Waals surface area contributed by atoms with Crippen molar-refractivity contribution in [3.63, 3.8) is 0 Å². The molecule has 168 valence electrons. The number of nitrogens with one attached hydrogen (secondary N) is 1. The Morgan fingerprint density at radius 2 is 1.82 bits per heavy atom. The average Bonchev–Trinajstić information content (AvgIpc) is 3.50. The van der Waals surface area contributed by atoms with E-state index in [1.165, 1.54) is 16.7 Å². The van der Waals surface area contributed by atoms with Gasteiger partial charge in [-0.25, -0.2) is 4.98 Å². The summed E-state index contributed by atoms with van der Waals surface area (Å²) in [5.41, 5.74) is 3.02. The van der Waals surface area contributed by atoms with Crippen LogP contribution >= 0.6 is 11.8 Å². The molecule has 0 aliphatic heterocycles. The second-order valence-electron chi connectivity index (χ2n) is 7.37. The minimum Gasteiger partial charge on any atom is -0.467 e. The average molecular weight is 461 g/mol. The predicted molar refractivity (Wildman–Crippen MR) is 129 cm³/mol. The molecule has 8 heteroatoms. The van der Waals surface area contributed by atoms with Crippen LogP contribution in [0.4, 0.5) is 5.69 Å². The summed E-state index contributed by atoms with van der Waals surface area (Å²) in [6.07, 6.45) is 3.37. The van der Waals surface area contributed by atoms with Crippen LogP contribution in [-0.4, -0.2) is 34.2 Å². The number of aromatic nitrogens is 2. The van der Waals surface area contributed by atoms with E-state index in [1.54, 1.807) is 49.7 Å². The fourth-order valence-corrected chi connectivity index (χ4v) is 4.26. The molecule has 0 fully saturated rings. The number of hydrogen-bond donors (Lipinski definition) is 1. The van der Waals surface area contributed by atoms with E-state index in [0.717, 1.165) is 16.4 Å². The van der Waals surface area contributed by atoms with E-state index in [0.29, 0.717) is 17.0 Å². The third kappa shape index (κ3) is 5.18. The molecule has 4 rings (SSSR count). The highest BCUT2D eigenvalue weighted by molar-refractivity contribution is 7.99. The number of carbonyl (C=O) groups excluding carboxylic acids is 2. The van der Waals surface area contributed by atoms with Gasteiger partial charge in [0.2, 0.25) is 5.91 Å². The quantitative estimate of drug-likeness (QED) is 0.395. The molecule has 0 spiro atoms. The molecule has 0 atom stereocenters. The van der Waals surface area contributed by atoms with Crippen LogP contribution in [0.1, 0.15) is 16.1 Å². The SMILES string of the molecule is CN(C(=O)CSc1ncc(-c2ccccc2)n1C)c1ccccc1C(=O)NCc1ccco1. The maximum absolute atomic E-state index is 12.9. The highest BCUT2D eigenvalue weighted by atomic mass is 32.2. The molecular weight excluding hydrogens is 436 g/mol. The molecule has 2 aromatic carbocycles. The Bertz CT molecular complexity index is 1240. The number of amides is 2. The van der Waals surface area contributed by atoms with E-state index in [-0.39, 0.29) is 24.1 Å². The number of thioether (sulfide) groups is 1. The number of imidazole rings is 1. The van der Waals surface area contributed by atoms with E-state index >= 15 is 0 Å². The van der Waals surface area contributed by atoms with Gasteiger partial charge in [0.15, 0.2) is 5.16 Å². The molecule has 0 bridgehead atoms. The van der Waals surface area contributed by atoms with Crippen molar-refractivity contribution in [3.05, 3.63) is 90.5 Å². The summed E-state index contributed by atoms with van der Waals surface area (Å²) < 4.78 is 7.23. The first-order valence-corrected chi connectivity index (χ1v) is 11.4. The predicted octanol–water partition coefficient (Wildman–Crippen LogP) is 4.37. The maximum atomic E-state index is 12.9. The van der Waals surface area contributed by atoms with Crippen LogP contribution in [0.3, 0.4) is 0 Å². The standard InChI is InChI=1S/C25H24N4O3S/c1-28(21-13-7-6-12-20(21)24(31)26-15-19-11-8-14-32-19)23(30)17-33-25-27-16-22(29(25)2)18-9-4-3-5-10-18/h3-14,16H,15,17H2,1-2H3,(H,26,31). The van der Waals surface area contributed by atoms with E-state index < -0.39 is 0 Å². The van der Waals surface area contributed by atoms with Gasteiger partial charge < -0.3 is 19.2 Å². The molecule has 2 heterocycles. The zero-order valence-electron chi connectivity index (χ0n) is 18.4. The Hall–Kier alpha value is -3.78. The van der Waals surface area contributed by atoms with Crippen molar-refractivity contribution in [2.45, 2.75) is 11.7 Å². The van der Waals surface area contributed by atoms with Gasteiger partial charge in [-0.1, -0.05) is 54.2 Å². The summed E-state index contributed by atoms with van der Waals surface area (Å²) in [5.74, 6) is 0.450. The first kappa shape index (κ1) is 22.4. The van der Waals surface area contributed by atoms with Crippen molar-refractivity contribution >= 4 is 29.3 Å². The van der Waals surface area contributed by atoms with Crippen LogP contribution in [0.2, 0.25) is 0 Å². The van der Waals surface area contributed by atoms with Gasteiger partial charge in [0.1, 0.15) is 5.76 Å². The molecule has 0 aliphatic carbocycles. The molecule has 2 amide bonds. The van der Waals surface area contributed by atoms with Crippen molar-refractivity contribution < 1.29 is 14.0 Å². The van der Waals surface area contributed by atoms with Crippen molar-refractivity contribution in [2.24, 2.45) is 7.05 Å². The van der Waals surface area contributed by atoms with Crippen LogP contribution in [-0.2, 0) is 18.4 Å². The lowest BCUT2D eigenvalue weighted by molar-refractivity contribution is -0.115. The topological polar surface area (TPSA) is 80.4 Å². The number of para-hydroxylation sites is 1. The lowest BCUT2D eigenvalue weighted by atomic mass is 10.1. The van der Waals surface area contributed by atoms with Crippen molar-refractivity contribution in [3.8, 4) is 11.3 Å². The smallest absolute Gasteiger partial charge is 0.253 e. The van der Waals surface area contributed by atoms with E-state index in [4.69, 9.17) is 4.42 Å². The van der Waals surface area contributed by atoms with Crippen LogP contribution < -0.4 is 10.2 Å². The molecule has 0 saturated heterocycles. The van der Waals surface area contributed by atoms with Crippen LogP contribution in [0, 0.1) is 0 Å². The second kappa shape index (κ2) is 10.2. The highest BCUT2D eigenvalue weighted by Gasteiger charge is 2.19. The summed E-state index contributed by atoms with van der Waals surface area (Å²) in [6, 6.07) is 20.6. The number of carbonyl (C=O) groups is 2. The molecule has 0 saturated carbocycles. The van der Waals surface area contributed by atoms with Crippen molar-refractivity contribution in [2.75, 3.05) is 17.7 Å². The second-order valence-corrected chi connectivity index (χ2v) is 8.31. The third-order valence-corrected chi connectivity index (χ3v) is 6.26. The molecule has 2 aromatic heterocycles. The summed E-state index contributed by atoms with van der Waals surface area (Å²) in [7, 11) is 3.61. The minimum absolute atomic E-state index is 0.129. The zero-order valence-corrected chi connectivity index (χ0v) is 19.2. The maximum Gasteiger partial charge on any atom is 0.253 e. The first-order valence-electron chi connectivity index (χ1n) is 10.4. The molecular formula is C25H24N4O3S. The highest BCUT2D eigenvalue weighted by Crippen LogP contribution is 2.26. The lowest BCUT2D eigenvalue weighted by Crippen LogP contribution is -2.31. The van der Waals surface area contributed by atoms with Gasteiger partial charge in [0.25, 0.3) is 5.91 Å². The van der Waals surface area contributed by atoms with Crippen LogP contribution in [0.5, 0.6) is 0 Å². The number of furan rings is 1. The Morgan fingerprint density at radius 3 is 2.58 bits per heavy atom. The summed E-state index contributed by atoms with van der Waals surface area (Å²) in [5, 5.41) is 3.58. The van der Waals surface area contributed by atoms with Gasteiger partial charge in [-0.05, 0) is 29.8 Å². The van der Waals surface area contributed by atoms with Gasteiger partial charge in [-0.15, -0.1) is 0 Å². The summed E-state index contributed by atoms with van der Waals surface area (Å²) in [4.78, 5) is 31.7. The van der Waals surface area contributed by atoms with Gasteiger partial charge in [-0.3, -0.25) is 9.59 Å². The van der Waals surface area contributed by atoms with Gasteiger partial charge in [0.05, 0.1) is 41.7 Å². The normalized spacial score (nSPS) is 10.7. The minimum atomic E-state index is -0.272. The van der Waals surface area contributed by atoms with Gasteiger partial charge in [0, 0.05) is 14.1 Å². The monoisotopic (exact) mass is 460 g/mol. The Morgan fingerprint density at radius 1 is 1.06 bits per heavy atom. The first-order chi connectivity index (χ1) is 16.0. The molecule has 0 unspecified atom stereocenters. The summed E-state index contributed by atoms with van der Waals surface area (Å²) in [6.45, 7) is 0.274. The molecule has 33 heavy (non-hydrogen) atoms. The Balaban J connectivity index is 1.42. The van der Waals surface area contributed by atoms with E-state index in [9.17, 15) is 9.59 Å². The van der Waals surface area contributed by atoms with Crippen molar-refractivity contribution in [1.29, 1.82) is 0 Å². The molecule has 0 radical (unpaired) electrons. The molecule has 0 aliphatic rings. The van der Waals surface area contributed by atoms with Crippen molar-refractivity contribution in [1.82, 2.24) is 14.9 Å². The number of hydrogen-bond acceptors (Lipinski definition) is 5. The molecule has 7 nitrogen and oxygen atoms in total. The van der Waals surface area contributed by atoms with Crippen LogP contribution in [0.15, 0.2) is 88.8 Å². The van der Waals surface area contributed by atoms with Gasteiger partial charge in [-0.2, -0.15) is 0 Å². The zero-order chi connectivity index (χ0) is 23.2. The van der Waals surface area contributed by atoms with E-state index in [1.807, 2.05) is 48.1 Å².